The largest absolute Gasteiger partial charge is 0.481 e. The molecule has 0 bridgehead atoms. The SMILES string of the molecule is CC1(C)C(C=CC2=CC(=CC=C3Sc4cccnc4N3CCCS(=O)(=O)O)CCC2)=Nc2c1ccc[n+]2CCCCCC(=O)O. The highest BCUT2D eigenvalue weighted by Gasteiger charge is 2.42. The third kappa shape index (κ3) is 8.39. The van der Waals surface area contributed by atoms with E-state index in [1.807, 2.05) is 17.0 Å². The number of thioether (sulfide) groups is 1. The van der Waals surface area contributed by atoms with Gasteiger partial charge in [-0.15, -0.1) is 0 Å². The second-order valence-corrected chi connectivity index (χ2v) is 14.8. The van der Waals surface area contributed by atoms with E-state index in [1.54, 1.807) is 18.0 Å². The Bertz CT molecular complexity index is 1710. The first-order chi connectivity index (χ1) is 21.5. The number of hydrogen-bond acceptors (Lipinski definition) is 7. The van der Waals surface area contributed by atoms with Gasteiger partial charge in [-0.05, 0) is 111 Å². The quantitative estimate of drug-likeness (QED) is 0.140. The Kier molecular flexibility index (Phi) is 10.4. The third-order valence-corrected chi connectivity index (χ3v) is 10.2. The topological polar surface area (TPSA) is 124 Å². The molecule has 1 aliphatic carbocycles. The van der Waals surface area contributed by atoms with Crippen LogP contribution in [0.5, 0.6) is 0 Å². The summed E-state index contributed by atoms with van der Waals surface area (Å²) >= 11 is 1.61. The number of hydrogen-bond donors (Lipinski definition) is 2. The van der Waals surface area contributed by atoms with E-state index in [1.165, 1.54) is 16.7 Å². The number of fused-ring (bicyclic) bond motifs is 2. The number of aliphatic carboxylic acids is 1. The summed E-state index contributed by atoms with van der Waals surface area (Å²) in [7, 11) is -4.02. The standard InChI is InChI=1S/C34H40N4O5S2/c1-34(2)27-12-8-21-37(20-5-3-4-14-31(39)40)32(27)36-29(34)17-15-25-10-6-11-26(24-25)16-18-30-38(22-9-23-45(41,42)43)33-28(44-30)13-7-19-35-33/h7-8,12-13,15-19,21,24H,3-6,9-11,14,20,22-23H2,1-2H3,(H-,39,40,41,42,43)/p+1. The lowest BCUT2D eigenvalue weighted by atomic mass is 9.81. The minimum atomic E-state index is -4.02. The predicted molar refractivity (Wildman–Crippen MR) is 179 cm³/mol. The molecule has 2 N–H and O–H groups in total. The smallest absolute Gasteiger partial charge is 0.327 e. The lowest BCUT2D eigenvalue weighted by molar-refractivity contribution is -0.684. The van der Waals surface area contributed by atoms with Crippen LogP contribution in [0, 0.1) is 0 Å². The van der Waals surface area contributed by atoms with Gasteiger partial charge in [-0.1, -0.05) is 30.0 Å². The minimum absolute atomic E-state index is 0.213. The van der Waals surface area contributed by atoms with Crippen LogP contribution in [-0.4, -0.2) is 47.0 Å². The van der Waals surface area contributed by atoms with Gasteiger partial charge < -0.3 is 10.0 Å². The van der Waals surface area contributed by atoms with Crippen molar-refractivity contribution in [3.8, 4) is 0 Å². The number of aliphatic imine (C=N–C) groups is 1. The van der Waals surface area contributed by atoms with Crippen molar-refractivity contribution >= 4 is 45.2 Å². The van der Waals surface area contributed by atoms with E-state index >= 15 is 0 Å². The Morgan fingerprint density at radius 2 is 1.96 bits per heavy atom. The van der Waals surface area contributed by atoms with Gasteiger partial charge in [-0.25, -0.2) is 9.55 Å². The fraction of sp³-hybridized carbons (Fsp3) is 0.412. The molecule has 2 aliphatic heterocycles. The number of carboxylic acids is 1. The summed E-state index contributed by atoms with van der Waals surface area (Å²) in [6, 6.07) is 8.12. The number of carbonyl (C=O) groups is 1. The molecule has 0 saturated heterocycles. The van der Waals surface area contributed by atoms with Crippen LogP contribution in [0.2, 0.25) is 0 Å². The lowest BCUT2D eigenvalue weighted by Crippen LogP contribution is -2.34. The van der Waals surface area contributed by atoms with Crippen molar-refractivity contribution in [2.45, 2.75) is 82.1 Å². The molecule has 0 fully saturated rings. The normalized spacial score (nSPS) is 19.2. The van der Waals surface area contributed by atoms with Crippen LogP contribution in [0.1, 0.15) is 70.8 Å². The number of pyridine rings is 2. The summed E-state index contributed by atoms with van der Waals surface area (Å²) in [6.45, 7) is 5.67. The molecule has 0 radical (unpaired) electrons. The average molecular weight is 650 g/mol. The van der Waals surface area contributed by atoms with Crippen molar-refractivity contribution in [3.63, 3.8) is 0 Å². The zero-order valence-electron chi connectivity index (χ0n) is 25.9. The molecular formula is C34H41N4O5S2+. The van der Waals surface area contributed by atoms with Crippen LogP contribution in [0.25, 0.3) is 0 Å². The highest BCUT2D eigenvalue weighted by atomic mass is 32.2. The summed E-state index contributed by atoms with van der Waals surface area (Å²) in [6.07, 6.45) is 20.6. The molecular weight excluding hydrogens is 609 g/mol. The van der Waals surface area contributed by atoms with Crippen molar-refractivity contribution in [2.24, 2.45) is 4.99 Å². The van der Waals surface area contributed by atoms with Gasteiger partial charge in [-0.2, -0.15) is 8.42 Å². The Morgan fingerprint density at radius 3 is 2.76 bits per heavy atom. The van der Waals surface area contributed by atoms with Gasteiger partial charge in [0.1, 0.15) is 5.82 Å². The summed E-state index contributed by atoms with van der Waals surface area (Å²) in [5.41, 5.74) is 4.48. The van der Waals surface area contributed by atoms with Gasteiger partial charge >= 0.3 is 11.8 Å². The summed E-state index contributed by atoms with van der Waals surface area (Å²) in [5.74, 6) is 0.764. The molecule has 9 nitrogen and oxygen atoms in total. The number of allylic oxidation sites excluding steroid dienone is 7. The first kappa shape index (κ1) is 32.8. The van der Waals surface area contributed by atoms with Gasteiger partial charge in [0.05, 0.1) is 39.4 Å². The van der Waals surface area contributed by atoms with Crippen molar-refractivity contribution < 1.29 is 27.4 Å². The number of nitrogens with zero attached hydrogens (tertiary/aromatic N) is 4. The second-order valence-electron chi connectivity index (χ2n) is 12.1. The first-order valence-electron chi connectivity index (χ1n) is 15.5. The maximum atomic E-state index is 11.3. The zero-order valence-corrected chi connectivity index (χ0v) is 27.5. The zero-order chi connectivity index (χ0) is 32.0. The maximum Gasteiger partial charge on any atom is 0.327 e. The monoisotopic (exact) mass is 649 g/mol. The van der Waals surface area contributed by atoms with Crippen molar-refractivity contribution in [1.82, 2.24) is 4.98 Å². The van der Waals surface area contributed by atoms with Gasteiger partial charge in [0.15, 0.2) is 5.71 Å². The summed E-state index contributed by atoms with van der Waals surface area (Å²) < 4.78 is 33.9. The summed E-state index contributed by atoms with van der Waals surface area (Å²) in [5, 5.41) is 9.88. The number of carboxylic acid groups (broad SMARTS) is 1. The molecule has 0 amide bonds. The molecule has 11 heteroatoms. The third-order valence-electron chi connectivity index (χ3n) is 8.34. The Labute approximate surface area is 269 Å². The molecule has 3 aliphatic rings. The first-order valence-corrected chi connectivity index (χ1v) is 17.9. The molecule has 0 spiro atoms. The molecule has 4 heterocycles. The predicted octanol–water partition coefficient (Wildman–Crippen LogP) is 6.70. The van der Waals surface area contributed by atoms with Gasteiger partial charge in [0, 0.05) is 19.2 Å². The van der Waals surface area contributed by atoms with E-state index in [4.69, 9.17) is 10.1 Å². The molecule has 238 valence electrons. The molecule has 0 atom stereocenters. The number of aryl methyl sites for hydroxylation is 1. The van der Waals surface area contributed by atoms with Crippen LogP contribution >= 0.6 is 11.8 Å². The van der Waals surface area contributed by atoms with Crippen molar-refractivity contribution in [1.29, 1.82) is 0 Å². The highest BCUT2D eigenvalue weighted by molar-refractivity contribution is 8.03. The minimum Gasteiger partial charge on any atom is -0.481 e. The summed E-state index contributed by atoms with van der Waals surface area (Å²) in [4.78, 5) is 23.4. The van der Waals surface area contributed by atoms with Crippen LogP contribution in [0.3, 0.4) is 0 Å². The fourth-order valence-corrected chi connectivity index (χ4v) is 7.44. The van der Waals surface area contributed by atoms with Gasteiger partial charge in [0.2, 0.25) is 0 Å². The average Bonchev–Trinajstić information content (AvgIpc) is 3.48. The number of anilines is 1. The van der Waals surface area contributed by atoms with Crippen LogP contribution in [0.4, 0.5) is 11.6 Å². The van der Waals surface area contributed by atoms with Crippen molar-refractivity contribution in [3.05, 3.63) is 88.8 Å². The maximum absolute atomic E-state index is 11.3. The Morgan fingerprint density at radius 1 is 1.11 bits per heavy atom. The molecule has 2 aromatic rings. The number of aromatic nitrogens is 2. The van der Waals surface area contributed by atoms with E-state index in [-0.39, 0.29) is 17.6 Å². The van der Waals surface area contributed by atoms with Gasteiger partial charge in [-0.3, -0.25) is 9.35 Å². The number of unbranched alkanes of at least 4 members (excludes halogenated alkanes) is 2. The van der Waals surface area contributed by atoms with Crippen LogP contribution < -0.4 is 9.47 Å². The molecule has 2 aromatic heterocycles. The molecule has 0 unspecified atom stereocenters. The van der Waals surface area contributed by atoms with Crippen LogP contribution in [0.15, 0.2) is 93.1 Å². The lowest BCUT2D eigenvalue weighted by Gasteiger charge is -2.19. The van der Waals surface area contributed by atoms with Crippen LogP contribution in [-0.2, 0) is 26.9 Å². The fourth-order valence-electron chi connectivity index (χ4n) is 5.90. The van der Waals surface area contributed by atoms with E-state index in [9.17, 15) is 17.8 Å². The molecule has 0 aromatic carbocycles. The van der Waals surface area contributed by atoms with Crippen molar-refractivity contribution in [2.75, 3.05) is 17.2 Å². The Balaban J connectivity index is 1.29. The molecule has 45 heavy (non-hydrogen) atoms. The van der Waals surface area contributed by atoms with E-state index in [0.29, 0.717) is 19.4 Å². The van der Waals surface area contributed by atoms with E-state index in [2.05, 4.69) is 72.1 Å². The highest BCUT2D eigenvalue weighted by Crippen LogP contribution is 2.44. The molecule has 0 saturated carbocycles. The van der Waals surface area contributed by atoms with Gasteiger partial charge in [0.25, 0.3) is 10.1 Å². The Hall–Kier alpha value is -3.54. The second kappa shape index (κ2) is 14.3. The number of rotatable bonds is 13. The van der Waals surface area contributed by atoms with E-state index in [0.717, 1.165) is 65.9 Å². The molecule has 5 rings (SSSR count). The van der Waals surface area contributed by atoms with E-state index < -0.39 is 16.1 Å².